The van der Waals surface area contributed by atoms with Crippen LogP contribution in [0.5, 0.6) is 0 Å². The van der Waals surface area contributed by atoms with Crippen molar-refractivity contribution >= 4 is 23.2 Å². The summed E-state index contributed by atoms with van der Waals surface area (Å²) >= 11 is 0. The van der Waals surface area contributed by atoms with Gasteiger partial charge in [-0.2, -0.15) is 20.9 Å². The molecule has 0 fully saturated rings. The van der Waals surface area contributed by atoms with E-state index >= 15 is 0 Å². The molecule has 0 amide bonds. The van der Waals surface area contributed by atoms with E-state index in [1.807, 2.05) is 49.3 Å². The number of nitrogens with one attached hydrogen (secondary N) is 1. The normalized spacial score (nSPS) is 9.65. The van der Waals surface area contributed by atoms with Crippen molar-refractivity contribution in [3.63, 3.8) is 0 Å². The summed E-state index contributed by atoms with van der Waals surface area (Å²) in [5.41, 5.74) is 6.07. The first-order chi connectivity index (χ1) is 12.6. The number of allylic oxidation sites excluding steroid dienone is 2. The lowest BCUT2D eigenvalue weighted by Gasteiger charge is -2.11. The van der Waals surface area contributed by atoms with Crippen LogP contribution >= 0.6 is 0 Å². The fourth-order valence-electron chi connectivity index (χ4n) is 2.15. The quantitative estimate of drug-likeness (QED) is 0.510. The van der Waals surface area contributed by atoms with Gasteiger partial charge in [-0.1, -0.05) is 24.3 Å². The Labute approximate surface area is 152 Å². The molecule has 0 aliphatic carbocycles. The highest BCUT2D eigenvalue weighted by Crippen LogP contribution is 2.20. The van der Waals surface area contributed by atoms with Crippen LogP contribution in [0.2, 0.25) is 0 Å². The average molecular weight is 340 g/mol. The van der Waals surface area contributed by atoms with Gasteiger partial charge in [0.15, 0.2) is 0 Å². The van der Waals surface area contributed by atoms with Crippen LogP contribution in [0.1, 0.15) is 11.1 Å². The first kappa shape index (κ1) is 18.3. The second-order valence-corrected chi connectivity index (χ2v) is 5.52. The zero-order valence-electron chi connectivity index (χ0n) is 14.4. The van der Waals surface area contributed by atoms with E-state index in [1.165, 1.54) is 0 Å². The summed E-state index contributed by atoms with van der Waals surface area (Å²) in [7, 11) is 3.97. The Bertz CT molecular complexity index is 930. The van der Waals surface area contributed by atoms with Gasteiger partial charge in [0.25, 0.3) is 0 Å². The number of benzene rings is 2. The molecular formula is C20H16N6. The molecule has 2 aromatic carbocycles. The zero-order chi connectivity index (χ0) is 18.9. The first-order valence-corrected chi connectivity index (χ1v) is 7.70. The van der Waals surface area contributed by atoms with Crippen molar-refractivity contribution in [3.8, 4) is 18.2 Å². The summed E-state index contributed by atoms with van der Waals surface area (Å²) in [4.78, 5) is 2.02. The van der Waals surface area contributed by atoms with Crippen molar-refractivity contribution in [2.24, 2.45) is 5.10 Å². The van der Waals surface area contributed by atoms with Crippen molar-refractivity contribution in [1.29, 1.82) is 15.8 Å². The summed E-state index contributed by atoms with van der Waals surface area (Å²) in [5, 5.41) is 31.1. The minimum atomic E-state index is -0.201. The minimum Gasteiger partial charge on any atom is -0.378 e. The van der Waals surface area contributed by atoms with E-state index in [0.29, 0.717) is 5.56 Å². The molecule has 2 aromatic rings. The number of nitriles is 3. The number of nitrogens with zero attached hydrogens (tertiary/aromatic N) is 5. The van der Waals surface area contributed by atoms with E-state index in [0.717, 1.165) is 16.9 Å². The van der Waals surface area contributed by atoms with Crippen molar-refractivity contribution in [2.45, 2.75) is 0 Å². The molecule has 0 saturated carbocycles. The van der Waals surface area contributed by atoms with E-state index in [2.05, 4.69) is 10.5 Å². The maximum atomic E-state index is 9.15. The van der Waals surface area contributed by atoms with Gasteiger partial charge >= 0.3 is 0 Å². The van der Waals surface area contributed by atoms with E-state index in [-0.39, 0.29) is 11.1 Å². The van der Waals surface area contributed by atoms with Gasteiger partial charge in [-0.3, -0.25) is 5.43 Å². The standard InChI is InChI=1S/C20H16N6/c1-26(2)19-9-3-15(4-10-19)14-24-25-18-7-5-16(6-8-18)20(13-23)17(11-21)12-22/h3-10,14,25H,1-2H3. The second-order valence-electron chi connectivity index (χ2n) is 5.52. The van der Waals surface area contributed by atoms with Crippen LogP contribution < -0.4 is 10.3 Å². The van der Waals surface area contributed by atoms with Gasteiger partial charge in [0, 0.05) is 19.8 Å². The number of hydrogen-bond acceptors (Lipinski definition) is 6. The Morgan fingerprint density at radius 3 is 2.04 bits per heavy atom. The summed E-state index contributed by atoms with van der Waals surface area (Å²) in [6.07, 6.45) is 1.71. The molecule has 0 saturated heterocycles. The van der Waals surface area contributed by atoms with Crippen LogP contribution in [0.3, 0.4) is 0 Å². The number of hydrogen-bond donors (Lipinski definition) is 1. The molecule has 0 radical (unpaired) electrons. The van der Waals surface area contributed by atoms with Crippen LogP contribution in [0.15, 0.2) is 59.2 Å². The molecule has 2 rings (SSSR count). The third-order valence-corrected chi connectivity index (χ3v) is 3.58. The van der Waals surface area contributed by atoms with Gasteiger partial charge in [0.05, 0.1) is 17.5 Å². The molecule has 6 heteroatoms. The molecule has 0 atom stereocenters. The molecule has 0 bridgehead atoms. The van der Waals surface area contributed by atoms with Crippen LogP contribution in [0.25, 0.3) is 5.57 Å². The van der Waals surface area contributed by atoms with Crippen molar-refractivity contribution in [3.05, 3.63) is 65.2 Å². The summed E-state index contributed by atoms with van der Waals surface area (Å²) in [6, 6.07) is 20.1. The van der Waals surface area contributed by atoms with Crippen LogP contribution in [-0.4, -0.2) is 20.3 Å². The van der Waals surface area contributed by atoms with Gasteiger partial charge < -0.3 is 4.90 Å². The number of hydrazone groups is 1. The van der Waals surface area contributed by atoms with Crippen molar-refractivity contribution < 1.29 is 0 Å². The van der Waals surface area contributed by atoms with Gasteiger partial charge in [-0.15, -0.1) is 0 Å². The maximum Gasteiger partial charge on any atom is 0.148 e. The highest BCUT2D eigenvalue weighted by Gasteiger charge is 2.08. The highest BCUT2D eigenvalue weighted by molar-refractivity contribution is 5.85. The fraction of sp³-hybridized carbons (Fsp3) is 0.100. The molecule has 0 unspecified atom stereocenters. The molecular weight excluding hydrogens is 324 g/mol. The zero-order valence-corrected chi connectivity index (χ0v) is 14.4. The Balaban J connectivity index is 2.08. The Kier molecular flexibility index (Phi) is 6.10. The van der Waals surface area contributed by atoms with E-state index in [9.17, 15) is 0 Å². The summed E-state index contributed by atoms with van der Waals surface area (Å²) in [5.74, 6) is 0. The van der Waals surface area contributed by atoms with E-state index in [1.54, 1.807) is 42.6 Å². The first-order valence-electron chi connectivity index (χ1n) is 7.70. The molecule has 6 nitrogen and oxygen atoms in total. The SMILES string of the molecule is CN(C)c1ccc(C=NNc2ccc(C(C#N)=C(C#N)C#N)cc2)cc1. The molecule has 1 N–H and O–H groups in total. The molecule has 0 aromatic heterocycles. The Hall–Kier alpha value is -4.08. The minimum absolute atomic E-state index is 0.0611. The predicted octanol–water partition coefficient (Wildman–Crippen LogP) is 3.52. The van der Waals surface area contributed by atoms with Crippen LogP contribution in [-0.2, 0) is 0 Å². The lowest BCUT2D eigenvalue weighted by atomic mass is 10.0. The largest absolute Gasteiger partial charge is 0.378 e. The predicted molar refractivity (Wildman–Crippen MR) is 102 cm³/mol. The third kappa shape index (κ3) is 4.47. The Morgan fingerprint density at radius 1 is 0.923 bits per heavy atom. The summed E-state index contributed by atoms with van der Waals surface area (Å²) < 4.78 is 0. The highest BCUT2D eigenvalue weighted by atomic mass is 15.3. The van der Waals surface area contributed by atoms with E-state index in [4.69, 9.17) is 15.8 Å². The third-order valence-electron chi connectivity index (χ3n) is 3.58. The fourth-order valence-corrected chi connectivity index (χ4v) is 2.15. The van der Waals surface area contributed by atoms with Gasteiger partial charge in [-0.25, -0.2) is 0 Å². The summed E-state index contributed by atoms with van der Waals surface area (Å²) in [6.45, 7) is 0. The average Bonchev–Trinajstić information content (AvgIpc) is 2.67. The van der Waals surface area contributed by atoms with Gasteiger partial charge in [0.1, 0.15) is 23.8 Å². The molecule has 0 heterocycles. The van der Waals surface area contributed by atoms with Gasteiger partial charge in [0.2, 0.25) is 0 Å². The molecule has 26 heavy (non-hydrogen) atoms. The molecule has 0 aliphatic rings. The number of anilines is 2. The monoisotopic (exact) mass is 340 g/mol. The molecule has 0 aliphatic heterocycles. The van der Waals surface area contributed by atoms with Crippen LogP contribution in [0.4, 0.5) is 11.4 Å². The van der Waals surface area contributed by atoms with Crippen molar-refractivity contribution in [1.82, 2.24) is 0 Å². The molecule has 126 valence electrons. The smallest absolute Gasteiger partial charge is 0.148 e. The van der Waals surface area contributed by atoms with Crippen LogP contribution in [0, 0.1) is 34.0 Å². The van der Waals surface area contributed by atoms with E-state index < -0.39 is 0 Å². The van der Waals surface area contributed by atoms with Gasteiger partial charge in [-0.05, 0) is 35.4 Å². The molecule has 0 spiro atoms. The Morgan fingerprint density at radius 2 is 1.54 bits per heavy atom. The lowest BCUT2D eigenvalue weighted by molar-refractivity contribution is 1.13. The number of rotatable bonds is 5. The maximum absolute atomic E-state index is 9.15. The van der Waals surface area contributed by atoms with Crippen molar-refractivity contribution in [2.75, 3.05) is 24.4 Å². The second kappa shape index (κ2) is 8.68. The topological polar surface area (TPSA) is 99.0 Å². The lowest BCUT2D eigenvalue weighted by Crippen LogP contribution is -2.08.